The van der Waals surface area contributed by atoms with Crippen molar-refractivity contribution < 1.29 is 0 Å². The number of rotatable bonds is 1. The van der Waals surface area contributed by atoms with Gasteiger partial charge in [0.15, 0.2) is 0 Å². The van der Waals surface area contributed by atoms with E-state index in [1.54, 1.807) is 0 Å². The van der Waals surface area contributed by atoms with E-state index in [4.69, 9.17) is 4.99 Å². The van der Waals surface area contributed by atoms with E-state index in [-0.39, 0.29) is 0 Å². The molecule has 1 heterocycles. The van der Waals surface area contributed by atoms with E-state index in [9.17, 15) is 0 Å². The molecule has 2 nitrogen and oxygen atoms in total. The number of allylic oxidation sites excluding steroid dienone is 2. The maximum absolute atomic E-state index is 4.79. The Balaban J connectivity index is 2.10. The fourth-order valence-electron chi connectivity index (χ4n) is 2.59. The first kappa shape index (κ1) is 11.3. The van der Waals surface area contributed by atoms with E-state index in [1.807, 2.05) is 0 Å². The van der Waals surface area contributed by atoms with Crippen LogP contribution in [-0.4, -0.2) is 18.8 Å². The molecule has 0 spiro atoms. The van der Waals surface area contributed by atoms with Gasteiger partial charge in [-0.1, -0.05) is 25.1 Å². The van der Waals surface area contributed by atoms with Crippen LogP contribution in [0.3, 0.4) is 0 Å². The lowest BCUT2D eigenvalue weighted by Crippen LogP contribution is -2.39. The van der Waals surface area contributed by atoms with Gasteiger partial charge in [0.1, 0.15) is 0 Å². The maximum atomic E-state index is 4.79. The molecule has 1 aromatic rings. The lowest BCUT2D eigenvalue weighted by Gasteiger charge is -2.34. The first-order valence-corrected chi connectivity index (χ1v) is 6.50. The fraction of sp³-hybridized carbons (Fsp3) is 0.312. The Kier molecular flexibility index (Phi) is 2.58. The van der Waals surface area contributed by atoms with Gasteiger partial charge in [0, 0.05) is 7.05 Å². The molecule has 0 radical (unpaired) electrons. The van der Waals surface area contributed by atoms with Crippen molar-refractivity contribution in [1.82, 2.24) is 0 Å². The van der Waals surface area contributed by atoms with Crippen molar-refractivity contribution in [2.45, 2.75) is 26.3 Å². The van der Waals surface area contributed by atoms with Gasteiger partial charge >= 0.3 is 0 Å². The van der Waals surface area contributed by atoms with Crippen molar-refractivity contribution in [2.24, 2.45) is 4.99 Å². The number of likely N-dealkylation sites (N-methyl/N-ethyl adjacent to an activating group) is 1. The molecule has 0 aromatic heterocycles. The minimum absolute atomic E-state index is 0.292. The molecule has 3 rings (SSSR count). The second-order valence-corrected chi connectivity index (χ2v) is 5.01. The zero-order valence-electron chi connectivity index (χ0n) is 11.1. The summed E-state index contributed by atoms with van der Waals surface area (Å²) in [4.78, 5) is 7.11. The summed E-state index contributed by atoms with van der Waals surface area (Å²) < 4.78 is 0. The summed E-state index contributed by atoms with van der Waals surface area (Å²) >= 11 is 0. The summed E-state index contributed by atoms with van der Waals surface area (Å²) in [5, 5.41) is 0. The van der Waals surface area contributed by atoms with E-state index in [0.29, 0.717) is 6.04 Å². The highest BCUT2D eigenvalue weighted by atomic mass is 15.2. The molecule has 1 aromatic carbocycles. The third-order valence-electron chi connectivity index (χ3n) is 3.73. The molecule has 1 unspecified atom stereocenters. The van der Waals surface area contributed by atoms with Crippen LogP contribution in [0, 0.1) is 6.92 Å². The summed E-state index contributed by atoms with van der Waals surface area (Å²) in [6.45, 7) is 4.30. The quantitative estimate of drug-likeness (QED) is 0.726. The number of nitrogens with zero attached hydrogens (tertiary/aromatic N) is 2. The molecule has 0 saturated carbocycles. The van der Waals surface area contributed by atoms with Crippen LogP contribution in [0.1, 0.15) is 18.9 Å². The second-order valence-electron chi connectivity index (χ2n) is 5.01. The highest BCUT2D eigenvalue weighted by Crippen LogP contribution is 2.36. The molecule has 0 amide bonds. The monoisotopic (exact) mass is 238 g/mol. The van der Waals surface area contributed by atoms with E-state index in [1.165, 1.54) is 16.8 Å². The molecule has 2 aliphatic rings. The molecule has 1 atom stereocenters. The van der Waals surface area contributed by atoms with Gasteiger partial charge in [-0.3, -0.25) is 0 Å². The van der Waals surface area contributed by atoms with E-state index in [2.05, 4.69) is 62.2 Å². The molecule has 18 heavy (non-hydrogen) atoms. The van der Waals surface area contributed by atoms with Crippen molar-refractivity contribution >= 4 is 17.1 Å². The number of hydrogen-bond donors (Lipinski definition) is 0. The standard InChI is InChI=1S/C16H18N2/c1-4-12-6-7-13-16(10-12)18(3)15-8-5-11(2)9-14(15)17-13/h5-10,16H,4H2,1-3H3. The first-order chi connectivity index (χ1) is 8.69. The average Bonchev–Trinajstić information content (AvgIpc) is 2.38. The number of benzene rings is 1. The molecule has 0 bridgehead atoms. The van der Waals surface area contributed by atoms with Gasteiger partial charge in [-0.15, -0.1) is 0 Å². The average molecular weight is 238 g/mol. The lowest BCUT2D eigenvalue weighted by molar-refractivity contribution is 0.897. The summed E-state index contributed by atoms with van der Waals surface area (Å²) in [6, 6.07) is 6.77. The Labute approximate surface area is 108 Å². The third kappa shape index (κ3) is 1.69. The Hall–Kier alpha value is -1.83. The van der Waals surface area contributed by atoms with Crippen LogP contribution >= 0.6 is 0 Å². The summed E-state index contributed by atoms with van der Waals surface area (Å²) in [7, 11) is 2.15. The van der Waals surface area contributed by atoms with Crippen LogP contribution < -0.4 is 4.90 Å². The smallest absolute Gasteiger partial charge is 0.0900 e. The normalized spacial score (nSPS) is 21.1. The Morgan fingerprint density at radius 2 is 2.11 bits per heavy atom. The third-order valence-corrected chi connectivity index (χ3v) is 3.73. The Morgan fingerprint density at radius 3 is 2.89 bits per heavy atom. The highest BCUT2D eigenvalue weighted by Gasteiger charge is 2.26. The van der Waals surface area contributed by atoms with Crippen LogP contribution in [0.25, 0.3) is 0 Å². The van der Waals surface area contributed by atoms with Gasteiger partial charge in [0.25, 0.3) is 0 Å². The van der Waals surface area contributed by atoms with Gasteiger partial charge in [-0.2, -0.15) is 0 Å². The molecular weight excluding hydrogens is 220 g/mol. The molecule has 2 heteroatoms. The van der Waals surface area contributed by atoms with Crippen LogP contribution in [0.2, 0.25) is 0 Å². The van der Waals surface area contributed by atoms with Gasteiger partial charge in [-0.05, 0) is 42.7 Å². The molecule has 0 saturated heterocycles. The van der Waals surface area contributed by atoms with Crippen molar-refractivity contribution in [2.75, 3.05) is 11.9 Å². The van der Waals surface area contributed by atoms with Crippen LogP contribution in [-0.2, 0) is 0 Å². The number of anilines is 1. The van der Waals surface area contributed by atoms with Gasteiger partial charge in [0.2, 0.25) is 0 Å². The zero-order chi connectivity index (χ0) is 12.7. The summed E-state index contributed by atoms with van der Waals surface area (Å²) in [5.41, 5.74) is 6.10. The largest absolute Gasteiger partial charge is 0.361 e. The highest BCUT2D eigenvalue weighted by molar-refractivity contribution is 6.08. The molecule has 0 N–H and O–H groups in total. The number of fused-ring (bicyclic) bond motifs is 2. The molecule has 92 valence electrons. The van der Waals surface area contributed by atoms with Gasteiger partial charge in [-0.25, -0.2) is 4.99 Å². The van der Waals surface area contributed by atoms with E-state index in [0.717, 1.165) is 17.8 Å². The second kappa shape index (κ2) is 4.13. The topological polar surface area (TPSA) is 15.6 Å². The Morgan fingerprint density at radius 1 is 1.28 bits per heavy atom. The number of hydrogen-bond acceptors (Lipinski definition) is 2. The molecule has 1 aliphatic carbocycles. The maximum Gasteiger partial charge on any atom is 0.0900 e. The van der Waals surface area contributed by atoms with Crippen molar-refractivity contribution in [3.63, 3.8) is 0 Å². The minimum Gasteiger partial charge on any atom is -0.361 e. The van der Waals surface area contributed by atoms with E-state index < -0.39 is 0 Å². The molecule has 0 fully saturated rings. The SMILES string of the molecule is CCC1=CC2C(=Nc3cc(C)ccc3N2C)C=C1. The number of aryl methyl sites for hydroxylation is 1. The zero-order valence-corrected chi connectivity index (χ0v) is 11.1. The first-order valence-electron chi connectivity index (χ1n) is 6.50. The predicted octanol–water partition coefficient (Wildman–Crippen LogP) is 3.79. The lowest BCUT2D eigenvalue weighted by atomic mass is 9.95. The van der Waals surface area contributed by atoms with Crippen molar-refractivity contribution in [3.8, 4) is 0 Å². The van der Waals surface area contributed by atoms with Gasteiger partial charge < -0.3 is 4.90 Å². The van der Waals surface area contributed by atoms with Crippen LogP contribution in [0.5, 0.6) is 0 Å². The van der Waals surface area contributed by atoms with Crippen LogP contribution in [0.15, 0.2) is 47.0 Å². The van der Waals surface area contributed by atoms with Gasteiger partial charge in [0.05, 0.1) is 23.1 Å². The minimum atomic E-state index is 0.292. The molecular formula is C16H18N2. The van der Waals surface area contributed by atoms with Crippen LogP contribution in [0.4, 0.5) is 11.4 Å². The molecule has 1 aliphatic heterocycles. The summed E-state index contributed by atoms with van der Waals surface area (Å²) in [5.74, 6) is 0. The number of aliphatic imine (C=N–C) groups is 1. The fourth-order valence-corrected chi connectivity index (χ4v) is 2.59. The van der Waals surface area contributed by atoms with E-state index >= 15 is 0 Å². The van der Waals surface area contributed by atoms with Crippen molar-refractivity contribution in [3.05, 3.63) is 47.6 Å². The van der Waals surface area contributed by atoms with Crippen molar-refractivity contribution in [1.29, 1.82) is 0 Å². The Bertz CT molecular complexity index is 579. The summed E-state index contributed by atoms with van der Waals surface area (Å²) in [6.07, 6.45) is 7.74. The predicted molar refractivity (Wildman–Crippen MR) is 78.0 cm³/mol.